The van der Waals surface area contributed by atoms with Crippen molar-refractivity contribution in [2.75, 3.05) is 0 Å². The molecule has 0 spiro atoms. The lowest BCUT2D eigenvalue weighted by molar-refractivity contribution is 0.524. The van der Waals surface area contributed by atoms with Gasteiger partial charge in [-0.1, -0.05) is 12.1 Å². The maximum atomic E-state index is 4.68. The van der Waals surface area contributed by atoms with E-state index in [1.807, 2.05) is 24.4 Å². The number of H-pyrrole nitrogens is 1. The summed E-state index contributed by atoms with van der Waals surface area (Å²) in [6, 6.07) is 8.35. The highest BCUT2D eigenvalue weighted by Gasteiger charge is 2.13. The van der Waals surface area contributed by atoms with Gasteiger partial charge in [0.1, 0.15) is 11.6 Å². The number of benzene rings is 1. The molecule has 1 aromatic carbocycles. The first-order chi connectivity index (χ1) is 9.25. The van der Waals surface area contributed by atoms with Gasteiger partial charge >= 0.3 is 0 Å². The van der Waals surface area contributed by atoms with Crippen molar-refractivity contribution >= 4 is 11.0 Å². The van der Waals surface area contributed by atoms with Crippen LogP contribution in [-0.4, -0.2) is 19.5 Å². The summed E-state index contributed by atoms with van der Waals surface area (Å²) in [5, 5.41) is 3.43. The van der Waals surface area contributed by atoms with E-state index in [1.54, 1.807) is 6.20 Å². The average Bonchev–Trinajstić information content (AvgIpc) is 3.05. The Morgan fingerprint density at radius 2 is 2.21 bits per heavy atom. The van der Waals surface area contributed by atoms with Gasteiger partial charge < -0.3 is 14.9 Å². The van der Waals surface area contributed by atoms with E-state index in [1.165, 1.54) is 0 Å². The quantitative estimate of drug-likeness (QED) is 0.751. The molecule has 5 nitrogen and oxygen atoms in total. The molecule has 3 aromatic rings. The Hall–Kier alpha value is -2.14. The number of nitrogens with zero attached hydrogens (tertiary/aromatic N) is 3. The van der Waals surface area contributed by atoms with E-state index in [-0.39, 0.29) is 6.04 Å². The highest BCUT2D eigenvalue weighted by molar-refractivity contribution is 5.75. The van der Waals surface area contributed by atoms with Crippen molar-refractivity contribution in [3.63, 3.8) is 0 Å². The van der Waals surface area contributed by atoms with E-state index in [2.05, 4.69) is 44.9 Å². The molecule has 0 aliphatic carbocycles. The van der Waals surface area contributed by atoms with Crippen molar-refractivity contribution in [1.82, 2.24) is 24.8 Å². The summed E-state index contributed by atoms with van der Waals surface area (Å²) in [5.74, 6) is 1.97. The van der Waals surface area contributed by atoms with Gasteiger partial charge in [-0.25, -0.2) is 9.97 Å². The van der Waals surface area contributed by atoms with Crippen LogP contribution in [0.3, 0.4) is 0 Å². The third-order valence-electron chi connectivity index (χ3n) is 3.34. The predicted octanol–water partition coefficient (Wildman–Crippen LogP) is 2.15. The van der Waals surface area contributed by atoms with Gasteiger partial charge in [0.2, 0.25) is 0 Å². The van der Waals surface area contributed by atoms with Crippen molar-refractivity contribution in [1.29, 1.82) is 0 Å². The molecule has 1 unspecified atom stereocenters. The van der Waals surface area contributed by atoms with Crippen LogP contribution in [-0.2, 0) is 13.6 Å². The maximum absolute atomic E-state index is 4.68. The number of fused-ring (bicyclic) bond motifs is 1. The minimum absolute atomic E-state index is 0.169. The maximum Gasteiger partial charge on any atom is 0.126 e. The molecular formula is C14H17N5. The molecule has 0 amide bonds. The Labute approximate surface area is 111 Å². The molecule has 0 aliphatic rings. The van der Waals surface area contributed by atoms with Crippen molar-refractivity contribution in [2.24, 2.45) is 7.05 Å². The molecule has 2 heterocycles. The Morgan fingerprint density at radius 3 is 2.95 bits per heavy atom. The fourth-order valence-electron chi connectivity index (χ4n) is 2.29. The molecule has 0 fully saturated rings. The monoisotopic (exact) mass is 255 g/mol. The van der Waals surface area contributed by atoms with Crippen LogP contribution < -0.4 is 5.32 Å². The van der Waals surface area contributed by atoms with Gasteiger partial charge in [0.05, 0.1) is 23.6 Å². The third-order valence-corrected chi connectivity index (χ3v) is 3.34. The molecule has 2 aromatic heterocycles. The Kier molecular flexibility index (Phi) is 3.05. The summed E-state index contributed by atoms with van der Waals surface area (Å²) < 4.78 is 2.13. The number of hydrogen-bond donors (Lipinski definition) is 2. The van der Waals surface area contributed by atoms with E-state index in [0.717, 1.165) is 22.7 Å². The zero-order valence-electron chi connectivity index (χ0n) is 11.1. The minimum atomic E-state index is 0.169. The number of aryl methyl sites for hydroxylation is 1. The van der Waals surface area contributed by atoms with Crippen molar-refractivity contribution in [2.45, 2.75) is 19.5 Å². The van der Waals surface area contributed by atoms with Crippen molar-refractivity contribution in [3.8, 4) is 0 Å². The molecule has 0 aliphatic heterocycles. The number of aromatic nitrogens is 4. The smallest absolute Gasteiger partial charge is 0.126 e. The molecule has 0 saturated carbocycles. The van der Waals surface area contributed by atoms with Crippen LogP contribution in [0.4, 0.5) is 0 Å². The Balaban J connectivity index is 1.81. The second-order valence-electron chi connectivity index (χ2n) is 4.66. The number of rotatable bonds is 4. The molecule has 0 bridgehead atoms. The summed E-state index contributed by atoms with van der Waals surface area (Å²) in [5.41, 5.74) is 2.19. The predicted molar refractivity (Wildman–Crippen MR) is 74.6 cm³/mol. The van der Waals surface area contributed by atoms with Gasteiger partial charge in [-0.05, 0) is 19.1 Å². The lowest BCUT2D eigenvalue weighted by Crippen LogP contribution is -2.21. The Morgan fingerprint density at radius 1 is 1.37 bits per heavy atom. The first kappa shape index (κ1) is 11.9. The van der Waals surface area contributed by atoms with E-state index in [0.29, 0.717) is 6.54 Å². The van der Waals surface area contributed by atoms with Gasteiger partial charge in [0.15, 0.2) is 0 Å². The van der Waals surface area contributed by atoms with Crippen molar-refractivity contribution in [3.05, 3.63) is 48.3 Å². The van der Waals surface area contributed by atoms with Crippen molar-refractivity contribution < 1.29 is 0 Å². The normalized spacial score (nSPS) is 12.9. The summed E-state index contributed by atoms with van der Waals surface area (Å²) in [7, 11) is 2.05. The van der Waals surface area contributed by atoms with E-state index in [4.69, 9.17) is 0 Å². The van der Waals surface area contributed by atoms with E-state index in [9.17, 15) is 0 Å². The first-order valence-corrected chi connectivity index (χ1v) is 6.38. The van der Waals surface area contributed by atoms with Crippen LogP contribution in [0.2, 0.25) is 0 Å². The molecule has 3 rings (SSSR count). The fourth-order valence-corrected chi connectivity index (χ4v) is 2.29. The molecule has 2 N–H and O–H groups in total. The van der Waals surface area contributed by atoms with Crippen LogP contribution in [0.5, 0.6) is 0 Å². The third kappa shape index (κ3) is 2.24. The topological polar surface area (TPSA) is 58.5 Å². The zero-order chi connectivity index (χ0) is 13.2. The number of aromatic amines is 1. The summed E-state index contributed by atoms with van der Waals surface area (Å²) in [6.07, 6.45) is 3.59. The SMILES string of the molecule is CC(NCc1ncc[nH]1)c1nc2ccccc2n1C. The van der Waals surface area contributed by atoms with Crippen LogP contribution in [0.25, 0.3) is 11.0 Å². The number of nitrogens with one attached hydrogen (secondary N) is 2. The lowest BCUT2D eigenvalue weighted by atomic mass is 10.3. The van der Waals surface area contributed by atoms with Gasteiger partial charge in [-0.2, -0.15) is 0 Å². The van der Waals surface area contributed by atoms with Crippen LogP contribution >= 0.6 is 0 Å². The first-order valence-electron chi connectivity index (χ1n) is 6.38. The minimum Gasteiger partial charge on any atom is -0.348 e. The molecule has 1 atom stereocenters. The Bertz CT molecular complexity index is 668. The second-order valence-corrected chi connectivity index (χ2v) is 4.66. The molecule has 98 valence electrons. The lowest BCUT2D eigenvalue weighted by Gasteiger charge is -2.12. The highest BCUT2D eigenvalue weighted by Crippen LogP contribution is 2.19. The molecule has 0 saturated heterocycles. The summed E-state index contributed by atoms with van der Waals surface area (Å²) in [4.78, 5) is 12.0. The van der Waals surface area contributed by atoms with Crippen LogP contribution in [0.15, 0.2) is 36.7 Å². The number of para-hydroxylation sites is 2. The molecule has 0 radical (unpaired) electrons. The second kappa shape index (κ2) is 4.85. The summed E-state index contributed by atoms with van der Waals surface area (Å²) >= 11 is 0. The number of imidazole rings is 2. The fraction of sp³-hybridized carbons (Fsp3) is 0.286. The van der Waals surface area contributed by atoms with E-state index >= 15 is 0 Å². The van der Waals surface area contributed by atoms with Gasteiger partial charge in [0, 0.05) is 19.4 Å². The molecule has 5 heteroatoms. The standard InChI is InChI=1S/C14H17N5/c1-10(17-9-13-15-7-8-16-13)14-18-11-5-3-4-6-12(11)19(14)2/h3-8,10,17H,9H2,1-2H3,(H,15,16). The number of hydrogen-bond acceptors (Lipinski definition) is 3. The summed E-state index contributed by atoms with van der Waals surface area (Å²) in [6.45, 7) is 2.82. The van der Waals surface area contributed by atoms with E-state index < -0.39 is 0 Å². The highest BCUT2D eigenvalue weighted by atomic mass is 15.1. The zero-order valence-corrected chi connectivity index (χ0v) is 11.1. The average molecular weight is 255 g/mol. The van der Waals surface area contributed by atoms with Crippen LogP contribution in [0.1, 0.15) is 24.6 Å². The van der Waals surface area contributed by atoms with Crippen LogP contribution in [0, 0.1) is 0 Å². The molecule has 19 heavy (non-hydrogen) atoms. The van der Waals surface area contributed by atoms with Gasteiger partial charge in [-0.15, -0.1) is 0 Å². The largest absolute Gasteiger partial charge is 0.348 e. The molecular weight excluding hydrogens is 238 g/mol. The van der Waals surface area contributed by atoms with Gasteiger partial charge in [0.25, 0.3) is 0 Å². The van der Waals surface area contributed by atoms with Gasteiger partial charge in [-0.3, -0.25) is 0 Å².